The van der Waals surface area contributed by atoms with Crippen LogP contribution in [0, 0.1) is 13.8 Å². The lowest BCUT2D eigenvalue weighted by molar-refractivity contribution is -0.140. The molecule has 35 heavy (non-hydrogen) atoms. The lowest BCUT2D eigenvalue weighted by Gasteiger charge is -2.26. The summed E-state index contributed by atoms with van der Waals surface area (Å²) in [5.74, 6) is -1.51. The van der Waals surface area contributed by atoms with Crippen LogP contribution in [0.4, 0.5) is 0 Å². The van der Waals surface area contributed by atoms with Crippen molar-refractivity contribution in [3.63, 3.8) is 0 Å². The maximum absolute atomic E-state index is 13.4. The van der Waals surface area contributed by atoms with Crippen LogP contribution in [0.5, 0.6) is 5.75 Å². The van der Waals surface area contributed by atoms with Crippen LogP contribution in [0.2, 0.25) is 0 Å². The smallest absolute Gasteiger partial charge is 0.295 e. The summed E-state index contributed by atoms with van der Waals surface area (Å²) in [4.78, 5) is 28.3. The van der Waals surface area contributed by atoms with Gasteiger partial charge in [-0.2, -0.15) is 0 Å². The van der Waals surface area contributed by atoms with Gasteiger partial charge in [0.15, 0.2) is 0 Å². The maximum Gasteiger partial charge on any atom is 0.295 e. The fourth-order valence-electron chi connectivity index (χ4n) is 4.78. The number of aliphatic hydroxyl groups is 1. The minimum Gasteiger partial charge on any atom is -0.508 e. The minimum atomic E-state index is -0.797. The molecule has 0 radical (unpaired) electrons. The second-order valence-electron chi connectivity index (χ2n) is 8.98. The third-order valence-corrected chi connectivity index (χ3v) is 6.64. The van der Waals surface area contributed by atoms with E-state index in [0.29, 0.717) is 11.1 Å². The van der Waals surface area contributed by atoms with E-state index >= 15 is 0 Å². The zero-order valence-electron chi connectivity index (χ0n) is 19.5. The molecular weight excluding hydrogens is 438 g/mol. The predicted octanol–water partition coefficient (Wildman–Crippen LogP) is 5.78. The van der Waals surface area contributed by atoms with Crippen molar-refractivity contribution in [1.29, 1.82) is 0 Å². The van der Waals surface area contributed by atoms with Gasteiger partial charge in [0.25, 0.3) is 11.7 Å². The molecule has 1 saturated heterocycles. The van der Waals surface area contributed by atoms with E-state index in [4.69, 9.17) is 0 Å². The standard InChI is InChI=1S/C30H25NO4/c1-18-10-11-19(2)22(16-18)17-31-27(21-12-14-23(32)15-13-21)26(29(34)30(31)35)28(33)25-9-5-7-20-6-3-4-8-24(20)25/h3-16,27,32-33H,17H2,1-2H3/b28-26-. The van der Waals surface area contributed by atoms with Gasteiger partial charge < -0.3 is 15.1 Å². The number of benzene rings is 4. The molecule has 1 heterocycles. The van der Waals surface area contributed by atoms with Crippen LogP contribution in [0.25, 0.3) is 16.5 Å². The van der Waals surface area contributed by atoms with Crippen LogP contribution in [0.1, 0.15) is 33.9 Å². The summed E-state index contributed by atoms with van der Waals surface area (Å²) in [6, 6.07) is 24.7. The number of carbonyl (C=O) groups is 2. The molecule has 0 saturated carbocycles. The van der Waals surface area contributed by atoms with Crippen LogP contribution in [0.15, 0.2) is 90.5 Å². The molecule has 0 aliphatic carbocycles. The van der Waals surface area contributed by atoms with Crippen molar-refractivity contribution in [2.24, 2.45) is 0 Å². The molecule has 5 rings (SSSR count). The Morgan fingerprint density at radius 3 is 2.37 bits per heavy atom. The van der Waals surface area contributed by atoms with Crippen molar-refractivity contribution in [1.82, 2.24) is 4.90 Å². The molecule has 5 nitrogen and oxygen atoms in total. The number of rotatable bonds is 4. The van der Waals surface area contributed by atoms with Gasteiger partial charge >= 0.3 is 0 Å². The van der Waals surface area contributed by atoms with E-state index < -0.39 is 17.7 Å². The molecule has 1 fully saturated rings. The second-order valence-corrected chi connectivity index (χ2v) is 8.98. The van der Waals surface area contributed by atoms with Crippen LogP contribution in [-0.4, -0.2) is 26.8 Å². The number of Topliss-reactive ketones (excluding diaryl/α,β-unsaturated/α-hetero) is 1. The number of amides is 1. The first kappa shape index (κ1) is 22.4. The van der Waals surface area contributed by atoms with Gasteiger partial charge in [-0.1, -0.05) is 78.4 Å². The maximum atomic E-state index is 13.4. The summed E-state index contributed by atoms with van der Waals surface area (Å²) in [7, 11) is 0. The van der Waals surface area contributed by atoms with Crippen LogP contribution >= 0.6 is 0 Å². The van der Waals surface area contributed by atoms with Gasteiger partial charge in [-0.25, -0.2) is 0 Å². The number of likely N-dealkylation sites (tertiary alicyclic amines) is 1. The number of aryl methyl sites for hydroxylation is 2. The van der Waals surface area contributed by atoms with Crippen molar-refractivity contribution in [3.05, 3.63) is 118 Å². The number of aliphatic hydroxyl groups excluding tert-OH is 1. The highest BCUT2D eigenvalue weighted by Crippen LogP contribution is 2.41. The minimum absolute atomic E-state index is 0.0438. The lowest BCUT2D eigenvalue weighted by Crippen LogP contribution is -2.29. The molecule has 174 valence electrons. The Bertz CT molecular complexity index is 1500. The number of hydrogen-bond donors (Lipinski definition) is 2. The summed E-state index contributed by atoms with van der Waals surface area (Å²) >= 11 is 0. The van der Waals surface area contributed by atoms with Crippen LogP contribution in [0.3, 0.4) is 0 Å². The Morgan fingerprint density at radius 1 is 0.886 bits per heavy atom. The van der Waals surface area contributed by atoms with Gasteiger partial charge in [-0.15, -0.1) is 0 Å². The van der Waals surface area contributed by atoms with E-state index in [-0.39, 0.29) is 23.6 Å². The van der Waals surface area contributed by atoms with Crippen molar-refractivity contribution >= 4 is 28.2 Å². The SMILES string of the molecule is Cc1ccc(C)c(CN2C(=O)C(=O)/C(=C(\O)c3cccc4ccccc34)C2c2ccc(O)cc2)c1. The zero-order valence-corrected chi connectivity index (χ0v) is 19.5. The van der Waals surface area contributed by atoms with E-state index in [9.17, 15) is 19.8 Å². The molecule has 1 aliphatic rings. The van der Waals surface area contributed by atoms with Crippen molar-refractivity contribution in [2.45, 2.75) is 26.4 Å². The summed E-state index contributed by atoms with van der Waals surface area (Å²) < 4.78 is 0. The summed E-state index contributed by atoms with van der Waals surface area (Å²) in [6.45, 7) is 4.17. The largest absolute Gasteiger partial charge is 0.508 e. The normalized spacial score (nSPS) is 17.3. The molecule has 0 aromatic heterocycles. The van der Waals surface area contributed by atoms with E-state index in [2.05, 4.69) is 0 Å². The number of phenolic OH excluding ortho intramolecular Hbond substituents is 1. The first-order chi connectivity index (χ1) is 16.8. The van der Waals surface area contributed by atoms with Gasteiger partial charge in [0, 0.05) is 12.1 Å². The van der Waals surface area contributed by atoms with Gasteiger partial charge in [0.05, 0.1) is 11.6 Å². The third kappa shape index (κ3) is 3.95. The first-order valence-corrected chi connectivity index (χ1v) is 11.5. The number of phenols is 1. The summed E-state index contributed by atoms with van der Waals surface area (Å²) in [5.41, 5.74) is 4.17. The zero-order chi connectivity index (χ0) is 24.7. The number of fused-ring (bicyclic) bond motifs is 1. The molecule has 1 amide bonds. The third-order valence-electron chi connectivity index (χ3n) is 6.64. The topological polar surface area (TPSA) is 77.8 Å². The second kappa shape index (κ2) is 8.76. The number of hydrogen-bond acceptors (Lipinski definition) is 4. The van der Waals surface area contributed by atoms with Crippen molar-refractivity contribution in [3.8, 4) is 5.75 Å². The molecule has 5 heteroatoms. The number of carbonyl (C=O) groups excluding carboxylic acids is 2. The van der Waals surface area contributed by atoms with Gasteiger partial charge in [-0.3, -0.25) is 9.59 Å². The van der Waals surface area contributed by atoms with Crippen molar-refractivity contribution in [2.75, 3.05) is 0 Å². The van der Waals surface area contributed by atoms with Gasteiger partial charge in [0.1, 0.15) is 11.5 Å². The van der Waals surface area contributed by atoms with Crippen LogP contribution in [-0.2, 0) is 16.1 Å². The van der Waals surface area contributed by atoms with Crippen LogP contribution < -0.4 is 0 Å². The Balaban J connectivity index is 1.71. The monoisotopic (exact) mass is 463 g/mol. The molecule has 2 N–H and O–H groups in total. The predicted molar refractivity (Wildman–Crippen MR) is 136 cm³/mol. The first-order valence-electron chi connectivity index (χ1n) is 11.5. The molecule has 4 aromatic carbocycles. The fourth-order valence-corrected chi connectivity index (χ4v) is 4.78. The Kier molecular flexibility index (Phi) is 5.61. The lowest BCUT2D eigenvalue weighted by atomic mass is 9.93. The molecule has 0 spiro atoms. The Hall–Kier alpha value is -4.38. The van der Waals surface area contributed by atoms with Crippen molar-refractivity contribution < 1.29 is 19.8 Å². The molecular formula is C30H25NO4. The summed E-state index contributed by atoms with van der Waals surface area (Å²) in [6.07, 6.45) is 0. The highest BCUT2D eigenvalue weighted by Gasteiger charge is 2.46. The molecule has 1 unspecified atom stereocenters. The number of ketones is 1. The van der Waals surface area contributed by atoms with E-state index in [1.54, 1.807) is 18.2 Å². The highest BCUT2D eigenvalue weighted by atomic mass is 16.3. The average Bonchev–Trinajstić information content (AvgIpc) is 3.11. The quantitative estimate of drug-likeness (QED) is 0.228. The number of aromatic hydroxyl groups is 1. The summed E-state index contributed by atoms with van der Waals surface area (Å²) in [5, 5.41) is 23.0. The Morgan fingerprint density at radius 2 is 1.60 bits per heavy atom. The molecule has 1 aliphatic heterocycles. The Labute approximate surface area is 203 Å². The van der Waals surface area contributed by atoms with Gasteiger partial charge in [0.2, 0.25) is 0 Å². The highest BCUT2D eigenvalue weighted by molar-refractivity contribution is 6.46. The van der Waals surface area contributed by atoms with Gasteiger partial charge in [-0.05, 0) is 53.4 Å². The van der Waals surface area contributed by atoms with E-state index in [1.807, 2.05) is 68.4 Å². The average molecular weight is 464 g/mol. The number of nitrogens with zero attached hydrogens (tertiary/aromatic N) is 1. The van der Waals surface area contributed by atoms with E-state index in [0.717, 1.165) is 27.5 Å². The molecule has 1 atom stereocenters. The fraction of sp³-hybridized carbons (Fsp3) is 0.133. The molecule has 4 aromatic rings. The molecule has 0 bridgehead atoms. The van der Waals surface area contributed by atoms with E-state index in [1.165, 1.54) is 17.0 Å².